The molecule has 0 atom stereocenters. The number of anilines is 2. The maximum absolute atomic E-state index is 11.3. The molecule has 0 aliphatic heterocycles. The summed E-state index contributed by atoms with van der Waals surface area (Å²) in [6, 6.07) is 4.92. The van der Waals surface area contributed by atoms with Gasteiger partial charge < -0.3 is 16.0 Å². The molecule has 1 aromatic rings. The topological polar surface area (TPSA) is 96.3 Å². The fourth-order valence-corrected chi connectivity index (χ4v) is 1.65. The predicted molar refractivity (Wildman–Crippen MR) is 74.4 cm³/mol. The van der Waals surface area contributed by atoms with Crippen LogP contribution in [0.2, 0.25) is 0 Å². The van der Waals surface area contributed by atoms with Crippen molar-refractivity contribution in [2.45, 2.75) is 13.8 Å². The van der Waals surface area contributed by atoms with Gasteiger partial charge in [0.15, 0.2) is 0 Å². The highest BCUT2D eigenvalue weighted by atomic mass is 16.6. The summed E-state index contributed by atoms with van der Waals surface area (Å²) >= 11 is 0. The Kier molecular flexibility index (Phi) is 5.59. The number of nitro groups is 1. The molecule has 0 aliphatic rings. The summed E-state index contributed by atoms with van der Waals surface area (Å²) in [5.41, 5.74) is 0.719. The van der Waals surface area contributed by atoms with Gasteiger partial charge in [0.25, 0.3) is 0 Å². The second-order valence-electron chi connectivity index (χ2n) is 3.80. The Bertz CT molecular complexity index is 462. The summed E-state index contributed by atoms with van der Waals surface area (Å²) in [4.78, 5) is 22.0. The maximum atomic E-state index is 11.3. The lowest BCUT2D eigenvalue weighted by molar-refractivity contribution is -0.383. The van der Waals surface area contributed by atoms with Crippen LogP contribution in [0.5, 0.6) is 0 Å². The molecule has 0 heterocycles. The number of hydrogen-bond donors (Lipinski definition) is 3. The van der Waals surface area contributed by atoms with E-state index in [1.807, 2.05) is 13.8 Å². The predicted octanol–water partition coefficient (Wildman–Crippen LogP) is 1.57. The lowest BCUT2D eigenvalue weighted by Gasteiger charge is -2.10. The third-order valence-electron chi connectivity index (χ3n) is 2.40. The highest BCUT2D eigenvalue weighted by molar-refractivity contribution is 5.83. The molecule has 3 N–H and O–H groups in total. The summed E-state index contributed by atoms with van der Waals surface area (Å²) in [6.45, 7) is 4.79. The van der Waals surface area contributed by atoms with Crippen molar-refractivity contribution < 1.29 is 9.72 Å². The minimum atomic E-state index is -0.460. The number of nitrogens with one attached hydrogen (secondary N) is 3. The zero-order valence-corrected chi connectivity index (χ0v) is 11.0. The van der Waals surface area contributed by atoms with Crippen LogP contribution in [0.25, 0.3) is 0 Å². The summed E-state index contributed by atoms with van der Waals surface area (Å²) in [5.74, 6) is -0.203. The van der Waals surface area contributed by atoms with Crippen molar-refractivity contribution in [3.63, 3.8) is 0 Å². The van der Waals surface area contributed by atoms with E-state index >= 15 is 0 Å². The molecule has 0 fully saturated rings. The first-order valence-corrected chi connectivity index (χ1v) is 6.12. The monoisotopic (exact) mass is 266 g/mol. The first kappa shape index (κ1) is 14.7. The Hall–Kier alpha value is -2.31. The van der Waals surface area contributed by atoms with Gasteiger partial charge in [-0.05, 0) is 26.0 Å². The van der Waals surface area contributed by atoms with Gasteiger partial charge >= 0.3 is 5.69 Å². The molecule has 0 aromatic heterocycles. The van der Waals surface area contributed by atoms with Crippen LogP contribution in [0.3, 0.4) is 0 Å². The van der Waals surface area contributed by atoms with E-state index in [0.29, 0.717) is 24.5 Å². The van der Waals surface area contributed by atoms with Gasteiger partial charge in [0.05, 0.1) is 11.5 Å². The van der Waals surface area contributed by atoms with Crippen LogP contribution in [0.4, 0.5) is 17.1 Å². The largest absolute Gasteiger partial charge is 0.380 e. The second kappa shape index (κ2) is 7.20. The van der Waals surface area contributed by atoms with Crippen LogP contribution in [0, 0.1) is 10.1 Å². The zero-order valence-electron chi connectivity index (χ0n) is 11.0. The number of hydrogen-bond acceptors (Lipinski definition) is 5. The normalized spacial score (nSPS) is 9.79. The van der Waals surface area contributed by atoms with Crippen molar-refractivity contribution in [2.24, 2.45) is 0 Å². The fraction of sp³-hybridized carbons (Fsp3) is 0.417. The zero-order chi connectivity index (χ0) is 14.3. The highest BCUT2D eigenvalue weighted by Crippen LogP contribution is 2.32. The number of nitro benzene ring substituents is 1. The molecule has 104 valence electrons. The van der Waals surface area contributed by atoms with Crippen LogP contribution in [0.1, 0.15) is 13.8 Å². The number of para-hydroxylation sites is 1. The van der Waals surface area contributed by atoms with E-state index in [1.165, 1.54) is 0 Å². The number of likely N-dealkylation sites (N-methyl/N-ethyl adjacent to an activating group) is 1. The van der Waals surface area contributed by atoms with Gasteiger partial charge in [-0.15, -0.1) is 0 Å². The summed E-state index contributed by atoms with van der Waals surface area (Å²) in [5, 5.41) is 19.4. The van der Waals surface area contributed by atoms with Gasteiger partial charge in [-0.1, -0.05) is 6.07 Å². The number of rotatable bonds is 7. The number of nitrogens with zero attached hydrogens (tertiary/aromatic N) is 1. The lowest BCUT2D eigenvalue weighted by Crippen LogP contribution is -2.29. The molecule has 7 heteroatoms. The minimum Gasteiger partial charge on any atom is -0.380 e. The molecule has 1 aromatic carbocycles. The Balaban J connectivity index is 2.90. The highest BCUT2D eigenvalue weighted by Gasteiger charge is 2.19. The van der Waals surface area contributed by atoms with E-state index in [-0.39, 0.29) is 18.1 Å². The van der Waals surface area contributed by atoms with Gasteiger partial charge in [0.2, 0.25) is 5.91 Å². The van der Waals surface area contributed by atoms with Crippen molar-refractivity contribution in [3.8, 4) is 0 Å². The molecular weight excluding hydrogens is 248 g/mol. The van der Waals surface area contributed by atoms with Crippen LogP contribution in [-0.4, -0.2) is 30.5 Å². The molecule has 1 amide bonds. The van der Waals surface area contributed by atoms with Crippen LogP contribution in [0.15, 0.2) is 18.2 Å². The smallest absolute Gasteiger partial charge is 0.315 e. The molecule has 0 spiro atoms. The summed E-state index contributed by atoms with van der Waals surface area (Å²) < 4.78 is 0. The Morgan fingerprint density at radius 3 is 2.37 bits per heavy atom. The van der Waals surface area contributed by atoms with E-state index in [1.54, 1.807) is 18.2 Å². The third kappa shape index (κ3) is 4.13. The van der Waals surface area contributed by atoms with Crippen LogP contribution < -0.4 is 16.0 Å². The molecule has 0 unspecified atom stereocenters. The third-order valence-corrected chi connectivity index (χ3v) is 2.40. The van der Waals surface area contributed by atoms with Crippen LogP contribution >= 0.6 is 0 Å². The Morgan fingerprint density at radius 2 is 1.84 bits per heavy atom. The van der Waals surface area contributed by atoms with E-state index < -0.39 is 4.92 Å². The second-order valence-corrected chi connectivity index (χ2v) is 3.80. The average molecular weight is 266 g/mol. The van der Waals surface area contributed by atoms with Crippen molar-refractivity contribution in [1.82, 2.24) is 5.32 Å². The van der Waals surface area contributed by atoms with E-state index in [9.17, 15) is 14.9 Å². The van der Waals surface area contributed by atoms with E-state index in [4.69, 9.17) is 0 Å². The minimum absolute atomic E-state index is 0.00422. The standard InChI is InChI=1S/C12H18N4O3/c1-3-13-9-6-5-7-10(12(9)16(18)19)15-8-11(17)14-4-2/h5-7,13,15H,3-4,8H2,1-2H3,(H,14,17). The SMILES string of the molecule is CCNC(=O)CNc1cccc(NCC)c1[N+](=O)[O-]. The van der Waals surface area contributed by atoms with Crippen molar-refractivity contribution in [2.75, 3.05) is 30.3 Å². The fourth-order valence-electron chi connectivity index (χ4n) is 1.65. The molecule has 0 radical (unpaired) electrons. The number of amides is 1. The molecular formula is C12H18N4O3. The summed E-state index contributed by atoms with van der Waals surface area (Å²) in [7, 11) is 0. The summed E-state index contributed by atoms with van der Waals surface area (Å²) in [6.07, 6.45) is 0. The van der Waals surface area contributed by atoms with Crippen molar-refractivity contribution >= 4 is 23.0 Å². The maximum Gasteiger partial charge on any atom is 0.315 e. The van der Waals surface area contributed by atoms with Gasteiger partial charge in [0, 0.05) is 13.1 Å². The number of carbonyl (C=O) groups is 1. The van der Waals surface area contributed by atoms with Crippen LogP contribution in [-0.2, 0) is 4.79 Å². The average Bonchev–Trinajstić information content (AvgIpc) is 2.37. The van der Waals surface area contributed by atoms with Gasteiger partial charge in [-0.2, -0.15) is 0 Å². The first-order valence-electron chi connectivity index (χ1n) is 6.12. The van der Waals surface area contributed by atoms with E-state index in [2.05, 4.69) is 16.0 Å². The molecule has 0 saturated carbocycles. The molecule has 0 aliphatic carbocycles. The first-order chi connectivity index (χ1) is 9.10. The molecule has 7 nitrogen and oxygen atoms in total. The van der Waals surface area contributed by atoms with Gasteiger partial charge in [-0.25, -0.2) is 0 Å². The molecule has 0 saturated heterocycles. The van der Waals surface area contributed by atoms with E-state index in [0.717, 1.165) is 0 Å². The lowest BCUT2D eigenvalue weighted by atomic mass is 10.2. The number of benzene rings is 1. The van der Waals surface area contributed by atoms with Gasteiger partial charge in [0.1, 0.15) is 11.4 Å². The molecule has 19 heavy (non-hydrogen) atoms. The van der Waals surface area contributed by atoms with Crippen molar-refractivity contribution in [1.29, 1.82) is 0 Å². The Morgan fingerprint density at radius 1 is 1.21 bits per heavy atom. The molecule has 1 rings (SSSR count). The Labute approximate surface area is 111 Å². The number of carbonyl (C=O) groups excluding carboxylic acids is 1. The van der Waals surface area contributed by atoms with Crippen molar-refractivity contribution in [3.05, 3.63) is 28.3 Å². The molecule has 0 bridgehead atoms. The van der Waals surface area contributed by atoms with Gasteiger partial charge in [-0.3, -0.25) is 14.9 Å². The quantitative estimate of drug-likeness (QED) is 0.514.